The minimum Gasteiger partial charge on any atom is -0.384 e. The van der Waals surface area contributed by atoms with E-state index >= 15 is 0 Å². The standard InChI is InChI=1S/C13H18BrN3O2/c1-18-11-6-17(7-12(11)19-2)10-4-3-8(14)5-9(10)13(15)16/h3-5,11-12H,6-7H2,1-2H3,(H3,15,16). The van der Waals surface area contributed by atoms with E-state index in [4.69, 9.17) is 20.6 Å². The van der Waals surface area contributed by atoms with Gasteiger partial charge in [0.15, 0.2) is 0 Å². The largest absolute Gasteiger partial charge is 0.384 e. The Hall–Kier alpha value is -1.11. The van der Waals surface area contributed by atoms with Crippen LogP contribution in [0.4, 0.5) is 5.69 Å². The number of nitrogens with two attached hydrogens (primary N) is 1. The number of halogens is 1. The molecular weight excluding hydrogens is 310 g/mol. The number of benzene rings is 1. The highest BCUT2D eigenvalue weighted by Crippen LogP contribution is 2.28. The fourth-order valence-corrected chi connectivity index (χ4v) is 2.75. The summed E-state index contributed by atoms with van der Waals surface area (Å²) < 4.78 is 11.8. The van der Waals surface area contributed by atoms with Gasteiger partial charge in [0.1, 0.15) is 18.0 Å². The number of amidine groups is 1. The summed E-state index contributed by atoms with van der Waals surface area (Å²) in [5.41, 5.74) is 7.32. The van der Waals surface area contributed by atoms with Crippen LogP contribution in [0.15, 0.2) is 22.7 Å². The zero-order valence-corrected chi connectivity index (χ0v) is 12.6. The van der Waals surface area contributed by atoms with Crippen molar-refractivity contribution >= 4 is 27.5 Å². The highest BCUT2D eigenvalue weighted by molar-refractivity contribution is 9.10. The Labute approximate surface area is 121 Å². The summed E-state index contributed by atoms with van der Waals surface area (Å²) in [4.78, 5) is 2.14. The number of nitrogens with one attached hydrogen (secondary N) is 1. The number of hydrogen-bond acceptors (Lipinski definition) is 4. The quantitative estimate of drug-likeness (QED) is 0.650. The van der Waals surface area contributed by atoms with Gasteiger partial charge in [-0.15, -0.1) is 0 Å². The van der Waals surface area contributed by atoms with Crippen LogP contribution < -0.4 is 10.6 Å². The maximum absolute atomic E-state index is 7.69. The van der Waals surface area contributed by atoms with E-state index in [9.17, 15) is 0 Å². The molecule has 2 atom stereocenters. The molecular formula is C13H18BrN3O2. The van der Waals surface area contributed by atoms with Crippen LogP contribution in [0.25, 0.3) is 0 Å². The van der Waals surface area contributed by atoms with Crippen LogP contribution in [0.2, 0.25) is 0 Å². The molecule has 6 heteroatoms. The summed E-state index contributed by atoms with van der Waals surface area (Å²) in [6.07, 6.45) is 0.0712. The molecule has 1 saturated heterocycles. The van der Waals surface area contributed by atoms with Gasteiger partial charge in [0.05, 0.1) is 0 Å². The Balaban J connectivity index is 2.30. The lowest BCUT2D eigenvalue weighted by Crippen LogP contribution is -2.27. The summed E-state index contributed by atoms with van der Waals surface area (Å²) in [7, 11) is 3.38. The molecule has 1 fully saturated rings. The van der Waals surface area contributed by atoms with Crippen molar-refractivity contribution < 1.29 is 9.47 Å². The number of ether oxygens (including phenoxy) is 2. The Morgan fingerprint density at radius 3 is 2.37 bits per heavy atom. The predicted octanol–water partition coefficient (Wildman–Crippen LogP) is 1.58. The fraction of sp³-hybridized carbons (Fsp3) is 0.462. The Bertz CT molecular complexity index is 469. The summed E-state index contributed by atoms with van der Waals surface area (Å²) in [5, 5.41) is 7.69. The first-order valence-electron chi connectivity index (χ1n) is 6.01. The first-order chi connectivity index (χ1) is 9.06. The number of nitrogens with zero attached hydrogens (tertiary/aromatic N) is 1. The van der Waals surface area contributed by atoms with E-state index in [1.165, 1.54) is 0 Å². The first kappa shape index (κ1) is 14.3. The molecule has 3 N–H and O–H groups in total. The van der Waals surface area contributed by atoms with E-state index in [-0.39, 0.29) is 18.0 Å². The van der Waals surface area contributed by atoms with Crippen LogP contribution in [0.5, 0.6) is 0 Å². The third kappa shape index (κ3) is 2.91. The minimum atomic E-state index is 0.0356. The van der Waals surface area contributed by atoms with Crippen molar-refractivity contribution in [2.75, 3.05) is 32.2 Å². The molecule has 0 aliphatic carbocycles. The van der Waals surface area contributed by atoms with Crippen LogP contribution in [0, 0.1) is 5.41 Å². The molecule has 1 aliphatic heterocycles. The summed E-state index contributed by atoms with van der Waals surface area (Å²) in [6.45, 7) is 1.47. The zero-order valence-electron chi connectivity index (χ0n) is 11.0. The van der Waals surface area contributed by atoms with E-state index in [1.807, 2.05) is 18.2 Å². The van der Waals surface area contributed by atoms with Crippen molar-refractivity contribution in [2.45, 2.75) is 12.2 Å². The topological polar surface area (TPSA) is 71.6 Å². The highest BCUT2D eigenvalue weighted by atomic mass is 79.9. The molecule has 19 heavy (non-hydrogen) atoms. The molecule has 0 saturated carbocycles. The van der Waals surface area contributed by atoms with Crippen molar-refractivity contribution in [3.05, 3.63) is 28.2 Å². The lowest BCUT2D eigenvalue weighted by atomic mass is 10.1. The van der Waals surface area contributed by atoms with Crippen LogP contribution in [-0.4, -0.2) is 45.4 Å². The fourth-order valence-electron chi connectivity index (χ4n) is 2.39. The average molecular weight is 328 g/mol. The second-order valence-corrected chi connectivity index (χ2v) is 5.44. The van der Waals surface area contributed by atoms with Crippen molar-refractivity contribution in [3.63, 3.8) is 0 Å². The molecule has 2 rings (SSSR count). The van der Waals surface area contributed by atoms with Crippen molar-refractivity contribution in [2.24, 2.45) is 5.73 Å². The van der Waals surface area contributed by atoms with Crippen molar-refractivity contribution in [3.8, 4) is 0 Å². The van der Waals surface area contributed by atoms with Gasteiger partial charge in [-0.05, 0) is 18.2 Å². The van der Waals surface area contributed by atoms with Gasteiger partial charge >= 0.3 is 0 Å². The molecule has 1 aromatic carbocycles. The van der Waals surface area contributed by atoms with Gasteiger partial charge < -0.3 is 20.1 Å². The SMILES string of the molecule is COC1CN(c2ccc(Br)cc2C(=N)N)CC1OC. The highest BCUT2D eigenvalue weighted by Gasteiger charge is 2.34. The van der Waals surface area contributed by atoms with E-state index in [2.05, 4.69) is 20.8 Å². The number of nitrogen functional groups attached to an aromatic ring is 1. The van der Waals surface area contributed by atoms with E-state index in [0.29, 0.717) is 0 Å². The van der Waals surface area contributed by atoms with Gasteiger partial charge in [0.25, 0.3) is 0 Å². The van der Waals surface area contributed by atoms with Crippen LogP contribution >= 0.6 is 15.9 Å². The molecule has 1 aromatic rings. The zero-order chi connectivity index (χ0) is 14.0. The van der Waals surface area contributed by atoms with Gasteiger partial charge in [-0.3, -0.25) is 5.41 Å². The van der Waals surface area contributed by atoms with E-state index in [1.54, 1.807) is 14.2 Å². The van der Waals surface area contributed by atoms with Gasteiger partial charge in [-0.1, -0.05) is 15.9 Å². The Morgan fingerprint density at radius 2 is 1.89 bits per heavy atom. The lowest BCUT2D eigenvalue weighted by Gasteiger charge is -2.21. The monoisotopic (exact) mass is 327 g/mol. The van der Waals surface area contributed by atoms with Crippen molar-refractivity contribution in [1.29, 1.82) is 5.41 Å². The molecule has 0 amide bonds. The van der Waals surface area contributed by atoms with Crippen LogP contribution in [0.3, 0.4) is 0 Å². The van der Waals surface area contributed by atoms with Crippen LogP contribution in [-0.2, 0) is 9.47 Å². The predicted molar refractivity (Wildman–Crippen MR) is 79.0 cm³/mol. The maximum Gasteiger partial charge on any atom is 0.124 e. The summed E-state index contributed by atoms with van der Waals surface area (Å²) in [6, 6.07) is 5.77. The molecule has 0 aromatic heterocycles. The summed E-state index contributed by atoms with van der Waals surface area (Å²) in [5.74, 6) is 0.0612. The molecule has 0 bridgehead atoms. The number of hydrogen-bond donors (Lipinski definition) is 2. The van der Waals surface area contributed by atoms with E-state index in [0.717, 1.165) is 28.8 Å². The second-order valence-electron chi connectivity index (χ2n) is 4.53. The molecule has 2 unspecified atom stereocenters. The van der Waals surface area contributed by atoms with Crippen LogP contribution in [0.1, 0.15) is 5.56 Å². The van der Waals surface area contributed by atoms with E-state index < -0.39 is 0 Å². The number of anilines is 1. The molecule has 5 nitrogen and oxygen atoms in total. The first-order valence-corrected chi connectivity index (χ1v) is 6.80. The van der Waals surface area contributed by atoms with Gasteiger partial charge in [-0.2, -0.15) is 0 Å². The molecule has 104 valence electrons. The normalized spacial score (nSPS) is 22.8. The molecule has 1 aliphatic rings. The van der Waals surface area contributed by atoms with Crippen molar-refractivity contribution in [1.82, 2.24) is 0 Å². The number of methoxy groups -OCH3 is 2. The molecule has 1 heterocycles. The Morgan fingerprint density at radius 1 is 1.32 bits per heavy atom. The number of rotatable bonds is 4. The third-order valence-corrected chi connectivity index (χ3v) is 3.90. The summed E-state index contributed by atoms with van der Waals surface area (Å²) >= 11 is 3.40. The molecule has 0 radical (unpaired) electrons. The maximum atomic E-state index is 7.69. The Kier molecular flexibility index (Phi) is 4.44. The minimum absolute atomic E-state index is 0.0356. The average Bonchev–Trinajstić information content (AvgIpc) is 2.81. The second kappa shape index (κ2) is 5.90. The van der Waals surface area contributed by atoms with Gasteiger partial charge in [0.2, 0.25) is 0 Å². The van der Waals surface area contributed by atoms with Gasteiger partial charge in [-0.25, -0.2) is 0 Å². The molecule has 0 spiro atoms. The lowest BCUT2D eigenvalue weighted by molar-refractivity contribution is -0.00461. The van der Waals surface area contributed by atoms with Gasteiger partial charge in [0, 0.05) is 43.0 Å². The smallest absolute Gasteiger partial charge is 0.124 e. The third-order valence-electron chi connectivity index (χ3n) is 3.41.